The maximum Gasteiger partial charge on any atom is 0.0938 e. The van der Waals surface area contributed by atoms with E-state index in [1.807, 2.05) is 19.2 Å². The molecule has 0 radical (unpaired) electrons. The Balaban J connectivity index is 0.00000109. The summed E-state index contributed by atoms with van der Waals surface area (Å²) in [4.78, 5) is 2.27. The molecule has 2 aromatic rings. The van der Waals surface area contributed by atoms with Gasteiger partial charge in [0.25, 0.3) is 0 Å². The van der Waals surface area contributed by atoms with Crippen molar-refractivity contribution < 1.29 is 0 Å². The number of benzene rings is 2. The van der Waals surface area contributed by atoms with Crippen LogP contribution < -0.4 is 16.0 Å². The third kappa shape index (κ3) is 3.87. The lowest BCUT2D eigenvalue weighted by molar-refractivity contribution is 0.918. The van der Waals surface area contributed by atoms with Crippen molar-refractivity contribution in [2.75, 3.05) is 17.7 Å². The molecule has 0 aliphatic heterocycles. The van der Waals surface area contributed by atoms with Gasteiger partial charge in [-0.15, -0.1) is 12.8 Å². The lowest BCUT2D eigenvalue weighted by Gasteiger charge is -2.29. The monoisotopic (exact) mass is 331 g/mol. The molecule has 0 amide bonds. The van der Waals surface area contributed by atoms with E-state index in [-0.39, 0.29) is 6.04 Å². The second-order valence-electron chi connectivity index (χ2n) is 6.05. The standard InChI is InChI=1S/C20H23N3.C2H2/c1-13-5-7-16(8-6-13)15(3)23(20-12-18(20)22-4)19-10-9-17(21)11-14(19)2;1-2/h5-12,20,22H,3,21H2,1-2,4H3;1-2H. The fourth-order valence-electron chi connectivity index (χ4n) is 2.86. The largest absolute Gasteiger partial charge is 0.399 e. The van der Waals surface area contributed by atoms with E-state index >= 15 is 0 Å². The van der Waals surface area contributed by atoms with Gasteiger partial charge in [0.15, 0.2) is 0 Å². The molecule has 3 N–H and O–H groups in total. The number of aryl methyl sites for hydroxylation is 2. The molecule has 0 saturated heterocycles. The summed E-state index contributed by atoms with van der Waals surface area (Å²) in [6.45, 7) is 8.54. The molecule has 0 fully saturated rings. The molecule has 0 aromatic heterocycles. The maximum atomic E-state index is 5.91. The van der Waals surface area contributed by atoms with E-state index in [9.17, 15) is 0 Å². The van der Waals surface area contributed by atoms with Crippen LogP contribution in [0.4, 0.5) is 11.4 Å². The Labute approximate surface area is 150 Å². The molecule has 1 aliphatic carbocycles. The van der Waals surface area contributed by atoms with Gasteiger partial charge in [0.05, 0.1) is 6.04 Å². The fourth-order valence-corrected chi connectivity index (χ4v) is 2.86. The topological polar surface area (TPSA) is 41.3 Å². The van der Waals surface area contributed by atoms with Crippen LogP contribution in [-0.4, -0.2) is 13.1 Å². The lowest BCUT2D eigenvalue weighted by atomic mass is 10.1. The smallest absolute Gasteiger partial charge is 0.0938 e. The number of nitrogens with two attached hydrogens (primary N) is 1. The molecule has 0 saturated carbocycles. The molecule has 3 heteroatoms. The van der Waals surface area contributed by atoms with Crippen LogP contribution in [-0.2, 0) is 0 Å². The highest BCUT2D eigenvalue weighted by Gasteiger charge is 2.33. The van der Waals surface area contributed by atoms with Crippen molar-refractivity contribution in [3.63, 3.8) is 0 Å². The summed E-state index contributed by atoms with van der Waals surface area (Å²) >= 11 is 0. The molecule has 1 atom stereocenters. The van der Waals surface area contributed by atoms with Crippen LogP contribution in [0.25, 0.3) is 5.70 Å². The van der Waals surface area contributed by atoms with Gasteiger partial charge in [0, 0.05) is 29.8 Å². The van der Waals surface area contributed by atoms with Crippen LogP contribution in [0.15, 0.2) is 60.8 Å². The number of anilines is 2. The van der Waals surface area contributed by atoms with Crippen molar-refractivity contribution in [2.24, 2.45) is 0 Å². The van der Waals surface area contributed by atoms with Crippen LogP contribution in [0.5, 0.6) is 0 Å². The lowest BCUT2D eigenvalue weighted by Crippen LogP contribution is -2.28. The summed E-state index contributed by atoms with van der Waals surface area (Å²) in [6, 6.07) is 14.7. The summed E-state index contributed by atoms with van der Waals surface area (Å²) in [7, 11) is 1.95. The molecular formula is C22H25N3. The molecule has 1 unspecified atom stereocenters. The van der Waals surface area contributed by atoms with Gasteiger partial charge in [-0.05, 0) is 49.2 Å². The van der Waals surface area contributed by atoms with Crippen LogP contribution in [0.3, 0.4) is 0 Å². The molecule has 3 rings (SSSR count). The first-order chi connectivity index (χ1) is 12.0. The highest BCUT2D eigenvalue weighted by Crippen LogP contribution is 2.37. The molecule has 0 bridgehead atoms. The van der Waals surface area contributed by atoms with E-state index < -0.39 is 0 Å². The van der Waals surface area contributed by atoms with Crippen LogP contribution >= 0.6 is 0 Å². The predicted molar refractivity (Wildman–Crippen MR) is 109 cm³/mol. The molecule has 0 spiro atoms. The van der Waals surface area contributed by atoms with Gasteiger partial charge in [0.1, 0.15) is 0 Å². The summed E-state index contributed by atoms with van der Waals surface area (Å²) in [5.74, 6) is 0. The number of terminal acetylenes is 1. The maximum absolute atomic E-state index is 5.91. The number of likely N-dealkylation sites (N-methyl/N-ethyl adjacent to an activating group) is 1. The first kappa shape index (κ1) is 18.2. The number of hydrogen-bond acceptors (Lipinski definition) is 3. The van der Waals surface area contributed by atoms with Crippen molar-refractivity contribution in [3.05, 3.63) is 77.5 Å². The van der Waals surface area contributed by atoms with Gasteiger partial charge in [-0.3, -0.25) is 0 Å². The zero-order valence-electron chi connectivity index (χ0n) is 15.1. The average Bonchev–Trinajstić information content (AvgIpc) is 3.39. The van der Waals surface area contributed by atoms with E-state index in [1.54, 1.807) is 0 Å². The first-order valence-electron chi connectivity index (χ1n) is 8.15. The zero-order chi connectivity index (χ0) is 18.6. The molecular weight excluding hydrogens is 306 g/mol. The fraction of sp³-hybridized carbons (Fsp3) is 0.182. The molecule has 128 valence electrons. The molecule has 0 heterocycles. The van der Waals surface area contributed by atoms with E-state index in [2.05, 4.69) is 79.9 Å². The Morgan fingerprint density at radius 3 is 2.28 bits per heavy atom. The van der Waals surface area contributed by atoms with E-state index in [0.717, 1.165) is 28.2 Å². The molecule has 3 nitrogen and oxygen atoms in total. The summed E-state index contributed by atoms with van der Waals surface area (Å²) in [6.07, 6.45) is 10.2. The zero-order valence-corrected chi connectivity index (χ0v) is 15.1. The minimum absolute atomic E-state index is 0.233. The highest BCUT2D eigenvalue weighted by atomic mass is 15.2. The average molecular weight is 331 g/mol. The number of rotatable bonds is 5. The van der Waals surface area contributed by atoms with E-state index in [1.165, 1.54) is 11.3 Å². The highest BCUT2D eigenvalue weighted by molar-refractivity contribution is 5.83. The molecule has 25 heavy (non-hydrogen) atoms. The van der Waals surface area contributed by atoms with Gasteiger partial charge in [0.2, 0.25) is 0 Å². The predicted octanol–water partition coefficient (Wildman–Crippen LogP) is 4.10. The Bertz CT molecular complexity index is 813. The quantitative estimate of drug-likeness (QED) is 0.640. The van der Waals surface area contributed by atoms with E-state index in [4.69, 9.17) is 5.73 Å². The number of hydrogen-bond donors (Lipinski definition) is 2. The Morgan fingerprint density at radius 1 is 1.12 bits per heavy atom. The number of nitrogen functional groups attached to an aromatic ring is 1. The minimum atomic E-state index is 0.233. The third-order valence-electron chi connectivity index (χ3n) is 4.27. The number of nitrogens with one attached hydrogen (secondary N) is 1. The Morgan fingerprint density at radius 2 is 1.76 bits per heavy atom. The van der Waals surface area contributed by atoms with Crippen molar-refractivity contribution in [1.29, 1.82) is 0 Å². The van der Waals surface area contributed by atoms with Gasteiger partial charge in [-0.2, -0.15) is 0 Å². The van der Waals surface area contributed by atoms with Gasteiger partial charge in [-0.25, -0.2) is 0 Å². The summed E-state index contributed by atoms with van der Waals surface area (Å²) in [5, 5.41) is 3.24. The van der Waals surface area contributed by atoms with Gasteiger partial charge in [-0.1, -0.05) is 36.4 Å². The second-order valence-corrected chi connectivity index (χ2v) is 6.05. The number of nitrogens with zero attached hydrogens (tertiary/aromatic N) is 1. The summed E-state index contributed by atoms with van der Waals surface area (Å²) in [5.41, 5.74) is 13.6. The SMILES string of the molecule is C#C.C=C(c1ccc(C)cc1)N(c1ccc(N)cc1C)C1C=C1NC. The summed E-state index contributed by atoms with van der Waals surface area (Å²) < 4.78 is 0. The Hall–Kier alpha value is -3.12. The first-order valence-corrected chi connectivity index (χ1v) is 8.15. The van der Waals surface area contributed by atoms with Crippen molar-refractivity contribution >= 4 is 17.1 Å². The molecule has 2 aromatic carbocycles. The minimum Gasteiger partial charge on any atom is -0.399 e. The van der Waals surface area contributed by atoms with Crippen LogP contribution in [0.1, 0.15) is 16.7 Å². The van der Waals surface area contributed by atoms with Crippen molar-refractivity contribution in [2.45, 2.75) is 19.9 Å². The van der Waals surface area contributed by atoms with Crippen molar-refractivity contribution in [1.82, 2.24) is 5.32 Å². The van der Waals surface area contributed by atoms with Gasteiger partial charge < -0.3 is 16.0 Å². The van der Waals surface area contributed by atoms with Crippen LogP contribution in [0.2, 0.25) is 0 Å². The Kier molecular flexibility index (Phi) is 5.56. The third-order valence-corrected chi connectivity index (χ3v) is 4.27. The molecule has 1 aliphatic rings. The van der Waals surface area contributed by atoms with Gasteiger partial charge >= 0.3 is 0 Å². The normalized spacial score (nSPS) is 14.6. The van der Waals surface area contributed by atoms with E-state index in [0.29, 0.717) is 0 Å². The van der Waals surface area contributed by atoms with Crippen molar-refractivity contribution in [3.8, 4) is 12.8 Å². The second kappa shape index (κ2) is 7.63. The van der Waals surface area contributed by atoms with Crippen LogP contribution in [0, 0.1) is 26.7 Å².